The summed E-state index contributed by atoms with van der Waals surface area (Å²) in [5.41, 5.74) is 7.16. The molecular weight excluding hydrogens is 254 g/mol. The van der Waals surface area contributed by atoms with Crippen molar-refractivity contribution in [2.75, 3.05) is 0 Å². The lowest BCUT2D eigenvalue weighted by atomic mass is 10.1. The summed E-state index contributed by atoms with van der Waals surface area (Å²) >= 11 is 0. The molecule has 102 valence electrons. The van der Waals surface area contributed by atoms with Gasteiger partial charge in [0.15, 0.2) is 0 Å². The highest BCUT2D eigenvalue weighted by Gasteiger charge is 2.06. The zero-order chi connectivity index (χ0) is 14.5. The number of hydrogen-bond acceptors (Lipinski definition) is 3. The molecule has 2 rings (SSSR count). The monoisotopic (exact) mass is 269 g/mol. The standard InChI is InChI=1S/C16H15NO3/c1-2-11(10-18)9-14-7-8-15(20-14)12-3-5-13(6-4-12)16(17)19/h3-10H,2H2,1H3,(H2,17,19)/b11-9-. The summed E-state index contributed by atoms with van der Waals surface area (Å²) in [6, 6.07) is 10.5. The fourth-order valence-corrected chi connectivity index (χ4v) is 1.79. The van der Waals surface area contributed by atoms with Crippen molar-refractivity contribution in [1.82, 2.24) is 0 Å². The SMILES string of the molecule is CC/C(C=O)=C/c1ccc(-c2ccc(C(N)=O)cc2)o1. The predicted molar refractivity (Wildman–Crippen MR) is 77.0 cm³/mol. The Morgan fingerprint density at radius 3 is 2.45 bits per heavy atom. The molecule has 0 bridgehead atoms. The molecule has 1 aromatic heterocycles. The Bertz CT molecular complexity index is 651. The minimum absolute atomic E-state index is 0.453. The van der Waals surface area contributed by atoms with Crippen molar-refractivity contribution in [2.24, 2.45) is 5.73 Å². The van der Waals surface area contributed by atoms with Crippen LogP contribution in [0.1, 0.15) is 29.5 Å². The van der Waals surface area contributed by atoms with E-state index in [1.165, 1.54) is 0 Å². The van der Waals surface area contributed by atoms with Crippen LogP contribution in [-0.2, 0) is 4.79 Å². The number of furan rings is 1. The van der Waals surface area contributed by atoms with Gasteiger partial charge in [0.25, 0.3) is 0 Å². The minimum atomic E-state index is -0.460. The Balaban J connectivity index is 2.26. The van der Waals surface area contributed by atoms with Crippen LogP contribution in [-0.4, -0.2) is 12.2 Å². The van der Waals surface area contributed by atoms with Crippen LogP contribution in [0.25, 0.3) is 17.4 Å². The summed E-state index contributed by atoms with van der Waals surface area (Å²) in [5.74, 6) is 0.842. The summed E-state index contributed by atoms with van der Waals surface area (Å²) in [4.78, 5) is 21.8. The highest BCUT2D eigenvalue weighted by molar-refractivity contribution is 5.93. The third-order valence-electron chi connectivity index (χ3n) is 2.97. The Kier molecular flexibility index (Phi) is 4.15. The Morgan fingerprint density at radius 1 is 1.20 bits per heavy atom. The van der Waals surface area contributed by atoms with Gasteiger partial charge in [-0.25, -0.2) is 0 Å². The van der Waals surface area contributed by atoms with Gasteiger partial charge in [-0.3, -0.25) is 9.59 Å². The summed E-state index contributed by atoms with van der Waals surface area (Å²) in [6.45, 7) is 1.91. The zero-order valence-corrected chi connectivity index (χ0v) is 11.1. The van der Waals surface area contributed by atoms with E-state index < -0.39 is 5.91 Å². The van der Waals surface area contributed by atoms with Gasteiger partial charge in [-0.2, -0.15) is 0 Å². The van der Waals surface area contributed by atoms with Crippen LogP contribution in [0.5, 0.6) is 0 Å². The lowest BCUT2D eigenvalue weighted by Crippen LogP contribution is -2.10. The first-order chi connectivity index (χ1) is 9.63. The van der Waals surface area contributed by atoms with Gasteiger partial charge in [0.2, 0.25) is 5.91 Å². The van der Waals surface area contributed by atoms with Gasteiger partial charge in [0.1, 0.15) is 17.8 Å². The molecule has 0 aliphatic heterocycles. The van der Waals surface area contributed by atoms with Gasteiger partial charge in [0, 0.05) is 11.1 Å². The van der Waals surface area contributed by atoms with E-state index in [1.807, 2.05) is 13.0 Å². The lowest BCUT2D eigenvalue weighted by Gasteiger charge is -1.99. The van der Waals surface area contributed by atoms with E-state index in [4.69, 9.17) is 10.2 Å². The second kappa shape index (κ2) is 6.02. The number of nitrogens with two attached hydrogens (primary N) is 1. The van der Waals surface area contributed by atoms with E-state index in [1.54, 1.807) is 36.4 Å². The smallest absolute Gasteiger partial charge is 0.248 e. The maximum atomic E-state index is 11.0. The first kappa shape index (κ1) is 13.8. The van der Waals surface area contributed by atoms with E-state index in [-0.39, 0.29) is 0 Å². The molecule has 20 heavy (non-hydrogen) atoms. The van der Waals surface area contributed by atoms with Crippen LogP contribution < -0.4 is 5.73 Å². The maximum absolute atomic E-state index is 11.0. The molecule has 0 unspecified atom stereocenters. The van der Waals surface area contributed by atoms with Gasteiger partial charge < -0.3 is 10.2 Å². The van der Waals surface area contributed by atoms with Crippen molar-refractivity contribution >= 4 is 18.3 Å². The van der Waals surface area contributed by atoms with Crippen molar-refractivity contribution in [2.45, 2.75) is 13.3 Å². The molecule has 1 heterocycles. The number of allylic oxidation sites excluding steroid dienone is 1. The Morgan fingerprint density at radius 2 is 1.90 bits per heavy atom. The van der Waals surface area contributed by atoms with E-state index in [0.29, 0.717) is 29.1 Å². The average Bonchev–Trinajstić information content (AvgIpc) is 2.93. The Hall–Kier alpha value is -2.62. The number of rotatable bonds is 5. The maximum Gasteiger partial charge on any atom is 0.248 e. The van der Waals surface area contributed by atoms with Crippen molar-refractivity contribution in [1.29, 1.82) is 0 Å². The first-order valence-electron chi connectivity index (χ1n) is 6.30. The van der Waals surface area contributed by atoms with E-state index >= 15 is 0 Å². The second-order valence-corrected chi connectivity index (χ2v) is 4.33. The molecule has 4 heteroatoms. The van der Waals surface area contributed by atoms with E-state index in [2.05, 4.69) is 0 Å². The highest BCUT2D eigenvalue weighted by atomic mass is 16.3. The third kappa shape index (κ3) is 3.03. The quantitative estimate of drug-likeness (QED) is 0.669. The molecule has 2 N–H and O–H groups in total. The number of aldehydes is 1. The van der Waals surface area contributed by atoms with Gasteiger partial charge in [0.05, 0.1) is 0 Å². The van der Waals surface area contributed by atoms with Crippen LogP contribution in [0.2, 0.25) is 0 Å². The molecule has 0 saturated heterocycles. The summed E-state index contributed by atoms with van der Waals surface area (Å²) < 4.78 is 5.65. The number of amides is 1. The minimum Gasteiger partial charge on any atom is -0.457 e. The number of carbonyl (C=O) groups excluding carboxylic acids is 2. The molecule has 0 fully saturated rings. The highest BCUT2D eigenvalue weighted by Crippen LogP contribution is 2.23. The Labute approximate surface area is 116 Å². The summed E-state index contributed by atoms with van der Waals surface area (Å²) in [6.07, 6.45) is 3.20. The molecule has 0 aliphatic rings. The molecule has 0 spiro atoms. The molecular formula is C16H15NO3. The molecule has 1 aromatic carbocycles. The molecule has 0 aliphatic carbocycles. The van der Waals surface area contributed by atoms with Crippen molar-refractivity contribution in [3.63, 3.8) is 0 Å². The van der Waals surface area contributed by atoms with Crippen molar-refractivity contribution < 1.29 is 14.0 Å². The topological polar surface area (TPSA) is 73.3 Å². The molecule has 2 aromatic rings. The summed E-state index contributed by atoms with van der Waals surface area (Å²) in [7, 11) is 0. The normalized spacial score (nSPS) is 11.3. The fourth-order valence-electron chi connectivity index (χ4n) is 1.79. The van der Waals surface area contributed by atoms with Crippen molar-refractivity contribution in [3.8, 4) is 11.3 Å². The predicted octanol–water partition coefficient (Wildman–Crippen LogP) is 3.04. The van der Waals surface area contributed by atoms with Gasteiger partial charge in [-0.15, -0.1) is 0 Å². The van der Waals surface area contributed by atoms with Crippen LogP contribution in [0.4, 0.5) is 0 Å². The molecule has 0 saturated carbocycles. The second-order valence-electron chi connectivity index (χ2n) is 4.33. The van der Waals surface area contributed by atoms with Crippen molar-refractivity contribution in [3.05, 3.63) is 53.3 Å². The average molecular weight is 269 g/mol. The zero-order valence-electron chi connectivity index (χ0n) is 11.1. The number of hydrogen-bond donors (Lipinski definition) is 1. The fraction of sp³-hybridized carbons (Fsp3) is 0.125. The van der Waals surface area contributed by atoms with Gasteiger partial charge in [-0.1, -0.05) is 19.1 Å². The largest absolute Gasteiger partial charge is 0.457 e. The summed E-state index contributed by atoms with van der Waals surface area (Å²) in [5, 5.41) is 0. The van der Waals surface area contributed by atoms with E-state index in [0.717, 1.165) is 11.8 Å². The van der Waals surface area contributed by atoms with Crippen LogP contribution in [0.3, 0.4) is 0 Å². The molecule has 0 radical (unpaired) electrons. The van der Waals surface area contributed by atoms with E-state index in [9.17, 15) is 9.59 Å². The first-order valence-corrected chi connectivity index (χ1v) is 6.30. The lowest BCUT2D eigenvalue weighted by molar-refractivity contribution is -0.104. The molecule has 0 atom stereocenters. The molecule has 4 nitrogen and oxygen atoms in total. The van der Waals surface area contributed by atoms with Crippen LogP contribution in [0.15, 0.2) is 46.4 Å². The number of benzene rings is 1. The van der Waals surface area contributed by atoms with Gasteiger partial charge in [-0.05, 0) is 42.3 Å². The van der Waals surface area contributed by atoms with Gasteiger partial charge >= 0.3 is 0 Å². The third-order valence-corrected chi connectivity index (χ3v) is 2.97. The van der Waals surface area contributed by atoms with Crippen LogP contribution in [0, 0.1) is 0 Å². The number of primary amides is 1. The van der Waals surface area contributed by atoms with Crippen LogP contribution >= 0.6 is 0 Å². The molecule has 1 amide bonds. The number of carbonyl (C=O) groups is 2.